The number of nitrogens with zero attached hydrogens (tertiary/aromatic N) is 1. The third kappa shape index (κ3) is 3.04. The number of hydrogen-bond donors (Lipinski definition) is 1. The third-order valence-electron chi connectivity index (χ3n) is 2.46. The molecule has 1 rings (SSSR count). The summed E-state index contributed by atoms with van der Waals surface area (Å²) < 4.78 is 5.01. The quantitative estimate of drug-likeness (QED) is 0.751. The molecule has 0 radical (unpaired) electrons. The highest BCUT2D eigenvalue weighted by Crippen LogP contribution is 2.23. The highest BCUT2D eigenvalue weighted by atomic mass is 16.5. The normalized spacial score (nSPS) is 11.9. The van der Waals surface area contributed by atoms with Gasteiger partial charge in [-0.2, -0.15) is 0 Å². The van der Waals surface area contributed by atoms with E-state index in [0.717, 1.165) is 10.5 Å². The predicted molar refractivity (Wildman–Crippen MR) is 61.4 cm³/mol. The van der Waals surface area contributed by atoms with Gasteiger partial charge < -0.3 is 14.7 Å². The van der Waals surface area contributed by atoms with Gasteiger partial charge in [-0.1, -0.05) is 24.3 Å². The predicted octanol–water partition coefficient (Wildman–Crippen LogP) is 1.05. The van der Waals surface area contributed by atoms with E-state index in [4.69, 9.17) is 4.74 Å². The fourth-order valence-electron chi connectivity index (χ4n) is 1.68. The average Bonchev–Trinajstić information content (AvgIpc) is 2.31. The summed E-state index contributed by atoms with van der Waals surface area (Å²) >= 11 is 0. The number of aliphatic carboxylic acids is 1. The van der Waals surface area contributed by atoms with Crippen LogP contribution in [0.15, 0.2) is 24.3 Å². The van der Waals surface area contributed by atoms with E-state index in [0.29, 0.717) is 18.6 Å². The van der Waals surface area contributed by atoms with Crippen LogP contribution < -0.4 is 0 Å². The Hall–Kier alpha value is -1.88. The van der Waals surface area contributed by atoms with Gasteiger partial charge >= 0.3 is 5.97 Å². The van der Waals surface area contributed by atoms with Crippen molar-refractivity contribution in [2.24, 2.45) is 0 Å². The standard InChI is InChI=1S/C12H15NO4/c1-13(8-14)11(12(15)16)10-6-4-3-5-9(10)7-17-2/h3-6,8,11H,7H2,1-2H3,(H,15,16). The molecule has 0 fully saturated rings. The van der Waals surface area contributed by atoms with Crippen LogP contribution in [0, 0.1) is 0 Å². The molecule has 5 nitrogen and oxygen atoms in total. The van der Waals surface area contributed by atoms with Crippen LogP contribution in [-0.2, 0) is 20.9 Å². The number of carbonyl (C=O) groups excluding carboxylic acids is 1. The summed E-state index contributed by atoms with van der Waals surface area (Å²) in [6.45, 7) is 0.312. The fourth-order valence-corrected chi connectivity index (χ4v) is 1.68. The summed E-state index contributed by atoms with van der Waals surface area (Å²) in [6, 6.07) is 6.03. The second-order valence-corrected chi connectivity index (χ2v) is 3.64. The van der Waals surface area contributed by atoms with E-state index in [1.807, 2.05) is 0 Å². The molecule has 92 valence electrons. The second kappa shape index (κ2) is 6.00. The average molecular weight is 237 g/mol. The molecule has 0 aliphatic heterocycles. The number of ether oxygens (including phenoxy) is 1. The smallest absolute Gasteiger partial charge is 0.331 e. The molecule has 0 heterocycles. The van der Waals surface area contributed by atoms with E-state index in [9.17, 15) is 14.7 Å². The van der Waals surface area contributed by atoms with Gasteiger partial charge in [-0.15, -0.1) is 0 Å². The summed E-state index contributed by atoms with van der Waals surface area (Å²) in [7, 11) is 2.98. The Morgan fingerprint density at radius 2 is 2.18 bits per heavy atom. The van der Waals surface area contributed by atoms with Gasteiger partial charge in [-0.25, -0.2) is 4.79 Å². The Balaban J connectivity index is 3.17. The lowest BCUT2D eigenvalue weighted by Gasteiger charge is -2.23. The molecule has 1 amide bonds. The molecule has 1 N–H and O–H groups in total. The highest BCUT2D eigenvalue weighted by Gasteiger charge is 2.25. The Labute approximate surface area is 99.6 Å². The van der Waals surface area contributed by atoms with Crippen molar-refractivity contribution in [2.75, 3.05) is 14.2 Å². The Kier molecular flexibility index (Phi) is 4.66. The topological polar surface area (TPSA) is 66.8 Å². The zero-order chi connectivity index (χ0) is 12.8. The molecule has 0 aromatic heterocycles. The number of likely N-dealkylation sites (N-methyl/N-ethyl adjacent to an activating group) is 1. The molecular weight excluding hydrogens is 222 g/mol. The van der Waals surface area contributed by atoms with Crippen LogP contribution in [0.1, 0.15) is 17.2 Å². The summed E-state index contributed by atoms with van der Waals surface area (Å²) in [5.74, 6) is -1.07. The van der Waals surface area contributed by atoms with Crippen molar-refractivity contribution < 1.29 is 19.4 Å². The number of hydrogen-bond acceptors (Lipinski definition) is 3. The Morgan fingerprint density at radius 3 is 2.71 bits per heavy atom. The van der Waals surface area contributed by atoms with Gasteiger partial charge in [0, 0.05) is 14.2 Å². The largest absolute Gasteiger partial charge is 0.479 e. The molecule has 5 heteroatoms. The van der Waals surface area contributed by atoms with Crippen molar-refractivity contribution in [1.29, 1.82) is 0 Å². The van der Waals surface area contributed by atoms with Gasteiger partial charge in [-0.3, -0.25) is 4.79 Å². The molecule has 0 saturated heterocycles. The number of rotatable bonds is 6. The lowest BCUT2D eigenvalue weighted by molar-refractivity contribution is -0.145. The Bertz CT molecular complexity index is 405. The monoisotopic (exact) mass is 237 g/mol. The van der Waals surface area contributed by atoms with Crippen LogP contribution in [0.2, 0.25) is 0 Å². The van der Waals surface area contributed by atoms with E-state index in [1.165, 1.54) is 14.2 Å². The molecule has 0 aliphatic rings. The first-order valence-corrected chi connectivity index (χ1v) is 5.08. The van der Waals surface area contributed by atoms with Gasteiger partial charge in [0.2, 0.25) is 6.41 Å². The zero-order valence-electron chi connectivity index (χ0n) is 9.79. The maximum absolute atomic E-state index is 11.2. The molecular formula is C12H15NO4. The van der Waals surface area contributed by atoms with E-state index in [-0.39, 0.29) is 0 Å². The van der Waals surface area contributed by atoms with Gasteiger partial charge in [0.15, 0.2) is 6.04 Å². The minimum Gasteiger partial charge on any atom is -0.479 e. The number of methoxy groups -OCH3 is 1. The Morgan fingerprint density at radius 1 is 1.53 bits per heavy atom. The number of amides is 1. The number of carboxylic acid groups (broad SMARTS) is 1. The van der Waals surface area contributed by atoms with Gasteiger partial charge in [0.1, 0.15) is 0 Å². The van der Waals surface area contributed by atoms with Crippen LogP contribution in [0.3, 0.4) is 0 Å². The number of carbonyl (C=O) groups is 2. The molecule has 1 aromatic carbocycles. The van der Waals surface area contributed by atoms with Crippen LogP contribution in [0.5, 0.6) is 0 Å². The van der Waals surface area contributed by atoms with Crippen molar-refractivity contribution in [2.45, 2.75) is 12.6 Å². The highest BCUT2D eigenvalue weighted by molar-refractivity contribution is 5.78. The minimum absolute atomic E-state index is 0.312. The van der Waals surface area contributed by atoms with Gasteiger partial charge in [-0.05, 0) is 11.1 Å². The first kappa shape index (κ1) is 13.2. The molecule has 0 spiro atoms. The van der Waals surface area contributed by atoms with Crippen molar-refractivity contribution >= 4 is 12.4 Å². The zero-order valence-corrected chi connectivity index (χ0v) is 9.79. The van der Waals surface area contributed by atoms with E-state index in [2.05, 4.69) is 0 Å². The molecule has 17 heavy (non-hydrogen) atoms. The van der Waals surface area contributed by atoms with Crippen molar-refractivity contribution in [1.82, 2.24) is 4.90 Å². The van der Waals surface area contributed by atoms with Crippen LogP contribution in [0.4, 0.5) is 0 Å². The summed E-state index contributed by atoms with van der Waals surface area (Å²) in [5, 5.41) is 9.18. The molecule has 1 aromatic rings. The van der Waals surface area contributed by atoms with Crippen molar-refractivity contribution in [3.8, 4) is 0 Å². The third-order valence-corrected chi connectivity index (χ3v) is 2.46. The second-order valence-electron chi connectivity index (χ2n) is 3.64. The first-order valence-electron chi connectivity index (χ1n) is 5.08. The summed E-state index contributed by atoms with van der Waals surface area (Å²) in [5.41, 5.74) is 1.33. The SMILES string of the molecule is COCc1ccccc1C(C(=O)O)N(C)C=O. The maximum Gasteiger partial charge on any atom is 0.331 e. The fraction of sp³-hybridized carbons (Fsp3) is 0.333. The van der Waals surface area contributed by atoms with Crippen molar-refractivity contribution in [3.05, 3.63) is 35.4 Å². The van der Waals surface area contributed by atoms with E-state index < -0.39 is 12.0 Å². The molecule has 1 atom stereocenters. The maximum atomic E-state index is 11.2. The van der Waals surface area contributed by atoms with E-state index >= 15 is 0 Å². The number of carboxylic acids is 1. The van der Waals surface area contributed by atoms with Crippen molar-refractivity contribution in [3.63, 3.8) is 0 Å². The minimum atomic E-state index is -1.07. The molecule has 1 unspecified atom stereocenters. The summed E-state index contributed by atoms with van der Waals surface area (Å²) in [6.07, 6.45) is 0.502. The van der Waals surface area contributed by atoms with Gasteiger partial charge in [0.25, 0.3) is 0 Å². The number of benzene rings is 1. The van der Waals surface area contributed by atoms with Crippen LogP contribution >= 0.6 is 0 Å². The van der Waals surface area contributed by atoms with Gasteiger partial charge in [0.05, 0.1) is 6.61 Å². The first-order chi connectivity index (χ1) is 8.11. The molecule has 0 aliphatic carbocycles. The summed E-state index contributed by atoms with van der Waals surface area (Å²) in [4.78, 5) is 23.1. The lowest BCUT2D eigenvalue weighted by atomic mass is 10.00. The molecule has 0 saturated carbocycles. The van der Waals surface area contributed by atoms with Crippen LogP contribution in [-0.4, -0.2) is 36.5 Å². The lowest BCUT2D eigenvalue weighted by Crippen LogP contribution is -2.30. The van der Waals surface area contributed by atoms with Crippen LogP contribution in [0.25, 0.3) is 0 Å². The van der Waals surface area contributed by atoms with E-state index in [1.54, 1.807) is 24.3 Å². The molecule has 0 bridgehead atoms.